The number of ether oxygens (including phenoxy) is 1. The minimum Gasteiger partial charge on any atom is -0.492 e. The molecule has 0 bridgehead atoms. The molecule has 0 saturated heterocycles. The monoisotopic (exact) mass is 699 g/mol. The Balaban J connectivity index is 1.48. The van der Waals surface area contributed by atoms with Crippen LogP contribution in [0.25, 0.3) is 0 Å². The molecule has 256 valence electrons. The van der Waals surface area contributed by atoms with Crippen molar-refractivity contribution in [1.29, 1.82) is 0 Å². The molecule has 1 aliphatic heterocycles. The second-order valence-electron chi connectivity index (χ2n) is 12.9. The highest BCUT2D eigenvalue weighted by molar-refractivity contribution is 7.99. The van der Waals surface area contributed by atoms with Gasteiger partial charge in [-0.2, -0.15) is 13.2 Å². The summed E-state index contributed by atoms with van der Waals surface area (Å²) in [7, 11) is -1.65. The molecule has 2 aromatic rings. The van der Waals surface area contributed by atoms with Crippen molar-refractivity contribution in [2.75, 3.05) is 37.0 Å². The van der Waals surface area contributed by atoms with Crippen LogP contribution < -0.4 is 9.64 Å². The second kappa shape index (κ2) is 13.2. The molecule has 0 aromatic heterocycles. The van der Waals surface area contributed by atoms with Crippen molar-refractivity contribution in [3.8, 4) is 5.75 Å². The Bertz CT molecular complexity index is 1350. The number of benzene rings is 2. The highest BCUT2D eigenvalue weighted by Gasteiger charge is 2.69. The lowest BCUT2D eigenvalue weighted by atomic mass is 9.50. The Kier molecular flexibility index (Phi) is 10.2. The van der Waals surface area contributed by atoms with Crippen molar-refractivity contribution in [2.24, 2.45) is 11.3 Å². The normalized spacial score (nSPS) is 21.8. The van der Waals surface area contributed by atoms with Crippen LogP contribution in [0.3, 0.4) is 0 Å². The molecule has 1 heterocycles. The molecular formula is C32H38F8NO3PS. The van der Waals surface area contributed by atoms with Gasteiger partial charge in [-0.3, -0.25) is 0 Å². The summed E-state index contributed by atoms with van der Waals surface area (Å²) < 4.78 is 131. The smallest absolute Gasteiger partial charge is 0.420 e. The molecule has 2 saturated carbocycles. The molecule has 2 fully saturated rings. The average molecular weight is 700 g/mol. The second-order valence-corrected chi connectivity index (χ2v) is 15.9. The maximum Gasteiger partial charge on any atom is 0.420 e. The topological polar surface area (TPSA) is 30.9 Å². The lowest BCUT2D eigenvalue weighted by Crippen LogP contribution is -2.62. The van der Waals surface area contributed by atoms with Crippen LogP contribution in [-0.4, -0.2) is 49.1 Å². The van der Waals surface area contributed by atoms with Crippen LogP contribution in [0.1, 0.15) is 64.9 Å². The molecular weight excluding hydrogens is 661 g/mol. The zero-order chi connectivity index (χ0) is 33.5. The summed E-state index contributed by atoms with van der Waals surface area (Å²) >= 11 is 1.25. The van der Waals surface area contributed by atoms with E-state index in [2.05, 4.69) is 0 Å². The minimum atomic E-state index is -4.83. The summed E-state index contributed by atoms with van der Waals surface area (Å²) in [4.78, 5) is 2.07. The van der Waals surface area contributed by atoms with Gasteiger partial charge in [-0.25, -0.2) is 22.0 Å². The van der Waals surface area contributed by atoms with Gasteiger partial charge >= 0.3 is 6.18 Å². The van der Waals surface area contributed by atoms with Gasteiger partial charge in [0.2, 0.25) is 11.8 Å². The van der Waals surface area contributed by atoms with E-state index in [4.69, 9.17) is 13.8 Å². The number of anilines is 2. The molecule has 4 nitrogen and oxygen atoms in total. The number of alkyl halides is 7. The van der Waals surface area contributed by atoms with Crippen molar-refractivity contribution in [1.82, 2.24) is 0 Å². The molecule has 3 aliphatic rings. The highest BCUT2D eigenvalue weighted by atomic mass is 32.2. The minimum absolute atomic E-state index is 0.138. The van der Waals surface area contributed by atoms with E-state index in [-0.39, 0.29) is 63.7 Å². The summed E-state index contributed by atoms with van der Waals surface area (Å²) in [5.74, 6) is -6.53. The Morgan fingerprint density at radius 1 is 0.957 bits per heavy atom. The maximum atomic E-state index is 14.7. The lowest BCUT2D eigenvalue weighted by Gasteiger charge is -2.63. The molecule has 2 aliphatic carbocycles. The van der Waals surface area contributed by atoms with E-state index in [9.17, 15) is 35.1 Å². The fourth-order valence-corrected chi connectivity index (χ4v) is 10.4. The van der Waals surface area contributed by atoms with Gasteiger partial charge in [0.15, 0.2) is 8.38 Å². The summed E-state index contributed by atoms with van der Waals surface area (Å²) in [6.07, 6.45) is -5.04. The van der Waals surface area contributed by atoms with Gasteiger partial charge in [-0.15, -0.1) is 11.8 Å². The van der Waals surface area contributed by atoms with Gasteiger partial charge in [-0.1, -0.05) is 0 Å². The van der Waals surface area contributed by atoms with Crippen molar-refractivity contribution in [3.63, 3.8) is 0 Å². The molecule has 5 rings (SSSR count). The third-order valence-electron chi connectivity index (χ3n) is 8.75. The first-order chi connectivity index (χ1) is 21.5. The molecule has 0 amide bonds. The summed E-state index contributed by atoms with van der Waals surface area (Å²) in [5.41, 5.74) is -1.01. The Morgan fingerprint density at radius 2 is 1.59 bits per heavy atom. The summed E-state index contributed by atoms with van der Waals surface area (Å²) in [5, 5.41) is -0.864. The number of halogens is 8. The van der Waals surface area contributed by atoms with Gasteiger partial charge in [-0.05, 0) is 87.8 Å². The van der Waals surface area contributed by atoms with Crippen molar-refractivity contribution in [3.05, 3.63) is 47.8 Å². The molecule has 14 heteroatoms. The molecule has 1 spiro atoms. The van der Waals surface area contributed by atoms with Crippen LogP contribution >= 0.6 is 20.1 Å². The molecule has 0 N–H and O–H groups in total. The van der Waals surface area contributed by atoms with Crippen LogP contribution in [0.2, 0.25) is 0 Å². The first-order valence-corrected chi connectivity index (χ1v) is 17.5. The van der Waals surface area contributed by atoms with Gasteiger partial charge < -0.3 is 18.7 Å². The predicted molar refractivity (Wildman–Crippen MR) is 163 cm³/mol. The number of thioether (sulfide) groups is 1. The average Bonchev–Trinajstić information content (AvgIpc) is 3.10. The molecule has 46 heavy (non-hydrogen) atoms. The SMILES string of the molecule is CCOP(OCC)C1(COc2cc3c(cc2C(F)(F)F)N(c2ccc(F)cc2)C[C@@H](CCC(C)(F)F)CS3)CC2(CC(F)(F)C2)C1. The first-order valence-electron chi connectivity index (χ1n) is 15.3. The number of hydrogen-bond donors (Lipinski definition) is 0. The zero-order valence-electron chi connectivity index (χ0n) is 25.9. The van der Waals surface area contributed by atoms with E-state index in [0.29, 0.717) is 29.2 Å². The van der Waals surface area contributed by atoms with Gasteiger partial charge in [0.05, 0.1) is 29.6 Å². The summed E-state index contributed by atoms with van der Waals surface area (Å²) in [6, 6.07) is 7.60. The quantitative estimate of drug-likeness (QED) is 0.163. The standard InChI is InChI=1S/C32H38F8NO3PS/c1-4-43-45(44-5-2)30(16-29(17-30)18-31(36,37)19-29)20-42-26-13-27-25(12-24(26)32(38,39)40)41(23-8-6-22(33)7-9-23)14-21(15-46-27)10-11-28(3,34)35/h6-9,12-13,21H,4-5,10-11,14-20H2,1-3H3/t21-/m1/s1. The molecule has 1 atom stereocenters. The Labute approximate surface area is 269 Å². The molecule has 2 aromatic carbocycles. The van der Waals surface area contributed by atoms with Crippen LogP contribution in [-0.2, 0) is 15.2 Å². The third-order valence-corrected chi connectivity index (χ3v) is 12.2. The Morgan fingerprint density at radius 3 is 2.13 bits per heavy atom. The predicted octanol–water partition coefficient (Wildman–Crippen LogP) is 10.9. The van der Waals surface area contributed by atoms with Crippen molar-refractivity contribution < 1.29 is 48.9 Å². The molecule has 0 unspecified atom stereocenters. The van der Waals surface area contributed by atoms with Crippen LogP contribution in [0.15, 0.2) is 41.3 Å². The van der Waals surface area contributed by atoms with Crippen molar-refractivity contribution in [2.45, 2.75) is 87.4 Å². The Hall–Kier alpha value is -1.82. The van der Waals surface area contributed by atoms with Crippen LogP contribution in [0.5, 0.6) is 5.75 Å². The van der Waals surface area contributed by atoms with Crippen LogP contribution in [0, 0.1) is 17.2 Å². The first kappa shape index (κ1) is 35.5. The maximum absolute atomic E-state index is 14.7. The van der Waals surface area contributed by atoms with E-state index in [1.807, 2.05) is 0 Å². The van der Waals surface area contributed by atoms with E-state index >= 15 is 0 Å². The van der Waals surface area contributed by atoms with E-state index in [1.165, 1.54) is 42.1 Å². The number of hydrogen-bond acceptors (Lipinski definition) is 5. The fraction of sp³-hybridized carbons (Fsp3) is 0.625. The van der Waals surface area contributed by atoms with E-state index in [1.54, 1.807) is 18.7 Å². The third kappa shape index (κ3) is 7.90. The van der Waals surface area contributed by atoms with Crippen LogP contribution in [0.4, 0.5) is 46.5 Å². The largest absolute Gasteiger partial charge is 0.492 e. The van der Waals surface area contributed by atoms with E-state index < -0.39 is 54.1 Å². The van der Waals surface area contributed by atoms with Gasteiger partial charge in [0.25, 0.3) is 0 Å². The molecule has 0 radical (unpaired) electrons. The summed E-state index contributed by atoms with van der Waals surface area (Å²) in [6.45, 7) is 4.87. The lowest BCUT2D eigenvalue weighted by molar-refractivity contribution is -0.205. The van der Waals surface area contributed by atoms with Gasteiger partial charge in [0.1, 0.15) is 18.2 Å². The van der Waals surface area contributed by atoms with E-state index in [0.717, 1.165) is 13.0 Å². The van der Waals surface area contributed by atoms with Gasteiger partial charge in [0, 0.05) is 42.1 Å². The number of nitrogens with zero attached hydrogens (tertiary/aromatic N) is 1. The zero-order valence-corrected chi connectivity index (χ0v) is 27.6. The number of rotatable bonds is 12. The van der Waals surface area contributed by atoms with Crippen molar-refractivity contribution >= 4 is 31.5 Å². The fourth-order valence-electron chi connectivity index (χ4n) is 7.01. The number of fused-ring (bicyclic) bond motifs is 1. The highest BCUT2D eigenvalue weighted by Crippen LogP contribution is 2.75.